The molecule has 3 heteroatoms. The van der Waals surface area contributed by atoms with Gasteiger partial charge in [0.2, 0.25) is 0 Å². The third-order valence-corrected chi connectivity index (χ3v) is 4.37. The van der Waals surface area contributed by atoms with Gasteiger partial charge in [0, 0.05) is 29.2 Å². The van der Waals surface area contributed by atoms with E-state index >= 15 is 0 Å². The van der Waals surface area contributed by atoms with Crippen LogP contribution in [0.2, 0.25) is 0 Å². The lowest BCUT2D eigenvalue weighted by atomic mass is 10.1. The Morgan fingerprint density at radius 2 is 1.12 bits per heavy atom. The smallest absolute Gasteiger partial charge is 0.120 e. The summed E-state index contributed by atoms with van der Waals surface area (Å²) in [5.41, 5.74) is 5.71. The first kappa shape index (κ1) is 16.9. The zero-order valence-electron chi connectivity index (χ0n) is 15.1. The Balaban J connectivity index is 2.17. The third kappa shape index (κ3) is 3.61. The number of aryl methyl sites for hydroxylation is 2. The Kier molecular flexibility index (Phi) is 4.94. The Morgan fingerprint density at radius 1 is 0.600 bits per heavy atom. The summed E-state index contributed by atoms with van der Waals surface area (Å²) in [7, 11) is 3.37. The fourth-order valence-electron chi connectivity index (χ4n) is 2.81. The molecular weight excluding hydrogens is 310 g/mol. The second kappa shape index (κ2) is 7.31. The van der Waals surface area contributed by atoms with Gasteiger partial charge in [0.05, 0.1) is 14.2 Å². The van der Waals surface area contributed by atoms with E-state index in [1.807, 2.05) is 36.4 Å². The van der Waals surface area contributed by atoms with Crippen LogP contribution in [0.1, 0.15) is 11.1 Å². The molecule has 0 spiro atoms. The minimum Gasteiger partial charge on any atom is -0.497 e. The van der Waals surface area contributed by atoms with Gasteiger partial charge in [0.25, 0.3) is 0 Å². The molecule has 0 atom stereocenters. The SMILES string of the molecule is COc1cccc(N(c2cccc(OC)c2)c2ccc(C)c(C)c2)c1. The molecule has 0 radical (unpaired) electrons. The first-order valence-electron chi connectivity index (χ1n) is 8.28. The first-order valence-corrected chi connectivity index (χ1v) is 8.28. The van der Waals surface area contributed by atoms with Crippen molar-refractivity contribution in [2.75, 3.05) is 19.1 Å². The van der Waals surface area contributed by atoms with Gasteiger partial charge < -0.3 is 14.4 Å². The van der Waals surface area contributed by atoms with Crippen molar-refractivity contribution < 1.29 is 9.47 Å². The van der Waals surface area contributed by atoms with Gasteiger partial charge in [0.1, 0.15) is 11.5 Å². The van der Waals surface area contributed by atoms with Gasteiger partial charge in [-0.05, 0) is 61.4 Å². The van der Waals surface area contributed by atoms with E-state index in [1.54, 1.807) is 14.2 Å². The largest absolute Gasteiger partial charge is 0.497 e. The monoisotopic (exact) mass is 333 g/mol. The van der Waals surface area contributed by atoms with Crippen LogP contribution in [0, 0.1) is 13.8 Å². The molecule has 0 aliphatic carbocycles. The van der Waals surface area contributed by atoms with Crippen LogP contribution in [0.3, 0.4) is 0 Å². The topological polar surface area (TPSA) is 21.7 Å². The minimum absolute atomic E-state index is 0.828. The summed E-state index contributed by atoms with van der Waals surface area (Å²) in [6.45, 7) is 4.26. The van der Waals surface area contributed by atoms with Crippen LogP contribution >= 0.6 is 0 Å². The highest BCUT2D eigenvalue weighted by atomic mass is 16.5. The molecule has 0 bridgehead atoms. The van der Waals surface area contributed by atoms with Crippen molar-refractivity contribution >= 4 is 17.1 Å². The average Bonchev–Trinajstić information content (AvgIpc) is 2.65. The van der Waals surface area contributed by atoms with Gasteiger partial charge in [0.15, 0.2) is 0 Å². The van der Waals surface area contributed by atoms with E-state index in [2.05, 4.69) is 49.1 Å². The van der Waals surface area contributed by atoms with Gasteiger partial charge in [-0.25, -0.2) is 0 Å². The third-order valence-electron chi connectivity index (χ3n) is 4.37. The molecule has 0 aliphatic rings. The van der Waals surface area contributed by atoms with Crippen molar-refractivity contribution in [3.8, 4) is 11.5 Å². The van der Waals surface area contributed by atoms with Crippen LogP contribution in [0.25, 0.3) is 0 Å². The van der Waals surface area contributed by atoms with E-state index < -0.39 is 0 Å². The van der Waals surface area contributed by atoms with Gasteiger partial charge in [-0.2, -0.15) is 0 Å². The van der Waals surface area contributed by atoms with Crippen LogP contribution < -0.4 is 14.4 Å². The summed E-state index contributed by atoms with van der Waals surface area (Å²) >= 11 is 0. The summed E-state index contributed by atoms with van der Waals surface area (Å²) < 4.78 is 10.8. The highest BCUT2D eigenvalue weighted by Crippen LogP contribution is 2.37. The van der Waals surface area contributed by atoms with E-state index in [9.17, 15) is 0 Å². The molecule has 0 amide bonds. The summed E-state index contributed by atoms with van der Waals surface area (Å²) in [4.78, 5) is 2.21. The van der Waals surface area contributed by atoms with Crippen molar-refractivity contribution in [2.24, 2.45) is 0 Å². The van der Waals surface area contributed by atoms with E-state index in [0.29, 0.717) is 0 Å². The fraction of sp³-hybridized carbons (Fsp3) is 0.182. The molecule has 0 fully saturated rings. The quantitative estimate of drug-likeness (QED) is 0.590. The molecular formula is C22H23NO2. The molecule has 0 aliphatic heterocycles. The molecule has 3 rings (SSSR count). The molecule has 0 aromatic heterocycles. The van der Waals surface area contributed by atoms with Crippen molar-refractivity contribution in [2.45, 2.75) is 13.8 Å². The normalized spacial score (nSPS) is 10.4. The number of hydrogen-bond acceptors (Lipinski definition) is 3. The van der Waals surface area contributed by atoms with E-state index in [-0.39, 0.29) is 0 Å². The van der Waals surface area contributed by atoms with Gasteiger partial charge in [-0.1, -0.05) is 18.2 Å². The minimum atomic E-state index is 0.828. The Bertz CT molecular complexity index is 826. The van der Waals surface area contributed by atoms with E-state index in [1.165, 1.54) is 11.1 Å². The van der Waals surface area contributed by atoms with Crippen molar-refractivity contribution in [3.63, 3.8) is 0 Å². The van der Waals surface area contributed by atoms with Crippen LogP contribution in [0.4, 0.5) is 17.1 Å². The number of methoxy groups -OCH3 is 2. The van der Waals surface area contributed by atoms with Crippen LogP contribution in [-0.4, -0.2) is 14.2 Å². The number of anilines is 3. The molecule has 3 aromatic rings. The Morgan fingerprint density at radius 3 is 1.60 bits per heavy atom. The predicted octanol–water partition coefficient (Wildman–Crippen LogP) is 5.79. The lowest BCUT2D eigenvalue weighted by molar-refractivity contribution is 0.414. The number of rotatable bonds is 5. The molecule has 3 aromatic carbocycles. The van der Waals surface area contributed by atoms with Crippen LogP contribution in [0.15, 0.2) is 66.7 Å². The second-order valence-corrected chi connectivity index (χ2v) is 6.01. The fourth-order valence-corrected chi connectivity index (χ4v) is 2.81. The van der Waals surface area contributed by atoms with Gasteiger partial charge in [-0.3, -0.25) is 0 Å². The van der Waals surface area contributed by atoms with Gasteiger partial charge in [-0.15, -0.1) is 0 Å². The van der Waals surface area contributed by atoms with E-state index in [0.717, 1.165) is 28.6 Å². The Hall–Kier alpha value is -2.94. The van der Waals surface area contributed by atoms with Crippen molar-refractivity contribution in [1.29, 1.82) is 0 Å². The predicted molar refractivity (Wildman–Crippen MR) is 104 cm³/mol. The second-order valence-electron chi connectivity index (χ2n) is 6.01. The lowest BCUT2D eigenvalue weighted by Crippen LogP contribution is -2.10. The maximum absolute atomic E-state index is 5.41. The molecule has 0 unspecified atom stereocenters. The number of benzene rings is 3. The number of nitrogens with zero attached hydrogens (tertiary/aromatic N) is 1. The molecule has 0 N–H and O–H groups in total. The van der Waals surface area contributed by atoms with Crippen molar-refractivity contribution in [3.05, 3.63) is 77.9 Å². The molecule has 128 valence electrons. The number of hydrogen-bond donors (Lipinski definition) is 0. The molecule has 25 heavy (non-hydrogen) atoms. The summed E-state index contributed by atoms with van der Waals surface area (Å²) in [5.74, 6) is 1.66. The van der Waals surface area contributed by atoms with E-state index in [4.69, 9.17) is 9.47 Å². The molecule has 0 saturated carbocycles. The average molecular weight is 333 g/mol. The number of ether oxygens (including phenoxy) is 2. The molecule has 3 nitrogen and oxygen atoms in total. The van der Waals surface area contributed by atoms with Crippen LogP contribution in [-0.2, 0) is 0 Å². The first-order chi connectivity index (χ1) is 12.1. The zero-order chi connectivity index (χ0) is 17.8. The summed E-state index contributed by atoms with van der Waals surface area (Å²) in [6.07, 6.45) is 0. The Labute approximate surface area is 149 Å². The lowest BCUT2D eigenvalue weighted by Gasteiger charge is -2.26. The maximum atomic E-state index is 5.41. The van der Waals surface area contributed by atoms with Gasteiger partial charge >= 0.3 is 0 Å². The maximum Gasteiger partial charge on any atom is 0.120 e. The molecule has 0 heterocycles. The summed E-state index contributed by atoms with van der Waals surface area (Å²) in [6, 6.07) is 22.6. The zero-order valence-corrected chi connectivity index (χ0v) is 15.1. The summed E-state index contributed by atoms with van der Waals surface area (Å²) in [5, 5.41) is 0. The molecule has 0 saturated heterocycles. The highest BCUT2D eigenvalue weighted by Gasteiger charge is 2.14. The van der Waals surface area contributed by atoms with Crippen molar-refractivity contribution in [1.82, 2.24) is 0 Å². The standard InChI is InChI=1S/C22H23NO2/c1-16-11-12-20(13-17(16)2)23(18-7-5-9-21(14-18)24-3)19-8-6-10-22(15-19)25-4/h5-15H,1-4H3. The highest BCUT2D eigenvalue weighted by molar-refractivity contribution is 5.78. The van der Waals surface area contributed by atoms with Crippen LogP contribution in [0.5, 0.6) is 11.5 Å².